The zero-order chi connectivity index (χ0) is 23.8. The highest BCUT2D eigenvalue weighted by Crippen LogP contribution is 2.31. The van der Waals surface area contributed by atoms with Crippen LogP contribution in [-0.4, -0.2) is 71.4 Å². The third-order valence-electron chi connectivity index (χ3n) is 5.27. The molecule has 2 aliphatic heterocycles. The van der Waals surface area contributed by atoms with Crippen molar-refractivity contribution in [1.29, 1.82) is 5.26 Å². The number of fused-ring (bicyclic) bond motifs is 1. The van der Waals surface area contributed by atoms with Crippen LogP contribution in [0.1, 0.15) is 13.8 Å². The van der Waals surface area contributed by atoms with E-state index in [1.807, 2.05) is 6.07 Å². The molecule has 12 nitrogen and oxygen atoms in total. The molecular formula is C19H25ClN8O4S. The average molecular weight is 497 g/mol. The van der Waals surface area contributed by atoms with E-state index in [-0.39, 0.29) is 25.0 Å². The van der Waals surface area contributed by atoms with Crippen LogP contribution >= 0.6 is 11.6 Å². The lowest BCUT2D eigenvalue weighted by Crippen LogP contribution is -2.46. The second-order valence-electron chi connectivity index (χ2n) is 8.74. The summed E-state index contributed by atoms with van der Waals surface area (Å²) in [4.78, 5) is 8.61. The van der Waals surface area contributed by atoms with Gasteiger partial charge in [-0.15, -0.1) is 0 Å². The van der Waals surface area contributed by atoms with Gasteiger partial charge in [0, 0.05) is 13.2 Å². The maximum absolute atomic E-state index is 12.5. The van der Waals surface area contributed by atoms with Gasteiger partial charge < -0.3 is 20.1 Å². The van der Waals surface area contributed by atoms with Crippen LogP contribution in [0.5, 0.6) is 0 Å². The molecule has 4 atom stereocenters. The Bertz CT molecular complexity index is 1160. The largest absolute Gasteiger partial charge is 0.371 e. The monoisotopic (exact) mass is 496 g/mol. The first-order valence-corrected chi connectivity index (χ1v) is 12.3. The van der Waals surface area contributed by atoms with Gasteiger partial charge in [0.1, 0.15) is 17.2 Å². The molecule has 0 spiro atoms. The summed E-state index contributed by atoms with van der Waals surface area (Å²) in [6, 6.07) is 1.16. The fourth-order valence-electron chi connectivity index (χ4n) is 3.82. The van der Waals surface area contributed by atoms with Crippen molar-refractivity contribution in [2.24, 2.45) is 12.5 Å². The van der Waals surface area contributed by atoms with Gasteiger partial charge in [0.15, 0.2) is 5.82 Å². The maximum atomic E-state index is 12.5. The van der Waals surface area contributed by atoms with Crippen molar-refractivity contribution < 1.29 is 17.9 Å². The van der Waals surface area contributed by atoms with Crippen LogP contribution < -0.4 is 15.4 Å². The standard InChI is InChI=1S/C19H25ClN8O4S/c1-19(2,9-21)10-33(29,30)27-14-8-32-15-13(7-31-16(14)15)25-17-12(20)5-22-18(26-17)24-11-4-23-28(3)6-11/h4-6,13-16,27H,7-8,10H2,1-3H3,(H2,22,24,25,26). The van der Waals surface area contributed by atoms with Crippen LogP contribution in [0.4, 0.5) is 17.5 Å². The number of aromatic nitrogens is 4. The summed E-state index contributed by atoms with van der Waals surface area (Å²) in [5, 5.41) is 19.8. The Hall–Kier alpha value is -2.50. The summed E-state index contributed by atoms with van der Waals surface area (Å²) in [5.41, 5.74) is -0.278. The van der Waals surface area contributed by atoms with E-state index in [9.17, 15) is 8.42 Å². The van der Waals surface area contributed by atoms with Crippen LogP contribution in [0.25, 0.3) is 0 Å². The number of aryl methyl sites for hydroxylation is 1. The van der Waals surface area contributed by atoms with Crippen molar-refractivity contribution in [3.63, 3.8) is 0 Å². The van der Waals surface area contributed by atoms with Gasteiger partial charge in [-0.1, -0.05) is 11.6 Å². The molecule has 0 amide bonds. The minimum atomic E-state index is -3.70. The Morgan fingerprint density at radius 2 is 1.97 bits per heavy atom. The van der Waals surface area contributed by atoms with E-state index < -0.39 is 33.7 Å². The molecule has 2 fully saturated rings. The first-order valence-electron chi connectivity index (χ1n) is 10.2. The minimum Gasteiger partial charge on any atom is -0.371 e. The molecule has 0 radical (unpaired) electrons. The van der Waals surface area contributed by atoms with Gasteiger partial charge >= 0.3 is 0 Å². The quantitative estimate of drug-likeness (QED) is 0.482. The van der Waals surface area contributed by atoms with Crippen molar-refractivity contribution in [2.75, 3.05) is 29.6 Å². The third-order valence-corrected chi connectivity index (χ3v) is 7.31. The average Bonchev–Trinajstić information content (AvgIpc) is 3.42. The zero-order valence-electron chi connectivity index (χ0n) is 18.3. The van der Waals surface area contributed by atoms with E-state index in [4.69, 9.17) is 26.3 Å². The molecule has 0 bridgehead atoms. The molecule has 2 saturated heterocycles. The number of anilines is 3. The summed E-state index contributed by atoms with van der Waals surface area (Å²) < 4.78 is 41.0. The fraction of sp³-hybridized carbons (Fsp3) is 0.579. The van der Waals surface area contributed by atoms with Gasteiger partial charge in [0.25, 0.3) is 0 Å². The summed E-state index contributed by atoms with van der Waals surface area (Å²) in [6.45, 7) is 3.60. The Labute approximate surface area is 196 Å². The number of hydrogen-bond donors (Lipinski definition) is 3. The molecule has 178 valence electrons. The maximum Gasteiger partial charge on any atom is 0.229 e. The first kappa shape index (κ1) is 23.7. The minimum absolute atomic E-state index is 0.158. The van der Waals surface area contributed by atoms with Crippen molar-refractivity contribution in [1.82, 2.24) is 24.5 Å². The smallest absolute Gasteiger partial charge is 0.229 e. The van der Waals surface area contributed by atoms with E-state index in [2.05, 4.69) is 30.4 Å². The predicted molar refractivity (Wildman–Crippen MR) is 121 cm³/mol. The van der Waals surface area contributed by atoms with Gasteiger partial charge in [0.2, 0.25) is 16.0 Å². The summed E-state index contributed by atoms with van der Waals surface area (Å²) in [7, 11) is -1.90. The Kier molecular flexibility index (Phi) is 6.47. The normalized spacial score (nSPS) is 24.9. The molecular weight excluding hydrogens is 472 g/mol. The van der Waals surface area contributed by atoms with E-state index in [0.29, 0.717) is 16.8 Å². The molecule has 4 unspecified atom stereocenters. The molecule has 0 aromatic carbocycles. The van der Waals surface area contributed by atoms with Gasteiger partial charge in [-0.3, -0.25) is 4.68 Å². The second kappa shape index (κ2) is 9.03. The number of halogens is 1. The Morgan fingerprint density at radius 1 is 1.27 bits per heavy atom. The van der Waals surface area contributed by atoms with Gasteiger partial charge in [-0.2, -0.15) is 15.3 Å². The van der Waals surface area contributed by atoms with Crippen molar-refractivity contribution in [2.45, 2.75) is 38.1 Å². The molecule has 0 aliphatic carbocycles. The Balaban J connectivity index is 1.41. The molecule has 2 aromatic rings. The second-order valence-corrected chi connectivity index (χ2v) is 10.9. The summed E-state index contributed by atoms with van der Waals surface area (Å²) >= 11 is 6.28. The molecule has 0 saturated carbocycles. The number of nitriles is 1. The molecule has 2 aliphatic rings. The summed E-state index contributed by atoms with van der Waals surface area (Å²) in [6.07, 6.45) is 4.03. The van der Waals surface area contributed by atoms with E-state index in [1.165, 1.54) is 6.20 Å². The number of nitrogens with one attached hydrogen (secondary N) is 3. The highest BCUT2D eigenvalue weighted by molar-refractivity contribution is 7.89. The number of nitrogens with zero attached hydrogens (tertiary/aromatic N) is 5. The zero-order valence-corrected chi connectivity index (χ0v) is 19.9. The van der Waals surface area contributed by atoms with Crippen molar-refractivity contribution in [3.05, 3.63) is 23.6 Å². The fourth-order valence-corrected chi connectivity index (χ4v) is 5.73. The van der Waals surface area contributed by atoms with Crippen molar-refractivity contribution in [3.8, 4) is 6.07 Å². The van der Waals surface area contributed by atoms with Crippen LogP contribution in [0.3, 0.4) is 0 Å². The van der Waals surface area contributed by atoms with Gasteiger partial charge in [-0.25, -0.2) is 18.1 Å². The predicted octanol–water partition coefficient (Wildman–Crippen LogP) is 1.02. The van der Waals surface area contributed by atoms with E-state index >= 15 is 0 Å². The van der Waals surface area contributed by atoms with Crippen LogP contribution in [0.15, 0.2) is 18.6 Å². The third kappa shape index (κ3) is 5.53. The van der Waals surface area contributed by atoms with E-state index in [0.717, 1.165) is 5.69 Å². The molecule has 3 N–H and O–H groups in total. The number of ether oxygens (including phenoxy) is 2. The van der Waals surface area contributed by atoms with Crippen LogP contribution in [0, 0.1) is 16.7 Å². The lowest BCUT2D eigenvalue weighted by molar-refractivity contribution is 0.0690. The highest BCUT2D eigenvalue weighted by atomic mass is 35.5. The lowest BCUT2D eigenvalue weighted by Gasteiger charge is -2.21. The lowest BCUT2D eigenvalue weighted by atomic mass is 10.00. The molecule has 4 rings (SSSR count). The van der Waals surface area contributed by atoms with Crippen LogP contribution in [0.2, 0.25) is 5.02 Å². The topological polar surface area (TPSA) is 156 Å². The van der Waals surface area contributed by atoms with Crippen LogP contribution in [-0.2, 0) is 26.5 Å². The molecule has 2 aromatic heterocycles. The Morgan fingerprint density at radius 3 is 2.64 bits per heavy atom. The summed E-state index contributed by atoms with van der Waals surface area (Å²) in [5.74, 6) is 0.425. The number of sulfonamides is 1. The molecule has 33 heavy (non-hydrogen) atoms. The number of rotatable bonds is 8. The van der Waals surface area contributed by atoms with Gasteiger partial charge in [0.05, 0.1) is 60.6 Å². The van der Waals surface area contributed by atoms with Crippen molar-refractivity contribution >= 4 is 39.1 Å². The van der Waals surface area contributed by atoms with E-state index in [1.54, 1.807) is 38.0 Å². The molecule has 14 heteroatoms. The highest BCUT2D eigenvalue weighted by Gasteiger charge is 2.49. The van der Waals surface area contributed by atoms with Gasteiger partial charge in [-0.05, 0) is 13.8 Å². The first-order chi connectivity index (χ1) is 15.5. The SMILES string of the molecule is Cn1cc(Nc2ncc(Cl)c(NC3COC4C(NS(=O)(=O)CC(C)(C)C#N)COC34)n2)cn1. The molecule has 4 heterocycles. The number of hydrogen-bond acceptors (Lipinski definition) is 10.